The van der Waals surface area contributed by atoms with Crippen LogP contribution < -0.4 is 11.3 Å². The van der Waals surface area contributed by atoms with Crippen molar-refractivity contribution in [1.29, 1.82) is 5.26 Å². The fraction of sp³-hybridized carbons (Fsp3) is 0.250. The van der Waals surface area contributed by atoms with Crippen molar-refractivity contribution in [1.82, 2.24) is 20.0 Å². The maximum Gasteiger partial charge on any atom is 0.272 e. The third kappa shape index (κ3) is 3.59. The summed E-state index contributed by atoms with van der Waals surface area (Å²) < 4.78 is 17.0. The van der Waals surface area contributed by atoms with Crippen molar-refractivity contribution in [3.8, 4) is 28.5 Å². The number of aromatic amines is 1. The first-order chi connectivity index (χ1) is 15.9. The van der Waals surface area contributed by atoms with Crippen molar-refractivity contribution in [3.63, 3.8) is 0 Å². The smallest absolute Gasteiger partial charge is 0.272 e. The molecule has 1 aliphatic carbocycles. The molecule has 7 nitrogen and oxygen atoms in total. The molecule has 33 heavy (non-hydrogen) atoms. The van der Waals surface area contributed by atoms with E-state index in [1.54, 1.807) is 37.5 Å². The summed E-state index contributed by atoms with van der Waals surface area (Å²) in [7, 11) is 1.69. The lowest BCUT2D eigenvalue weighted by molar-refractivity contribution is 0.626. The number of hydrogen-bond acceptors (Lipinski definition) is 5. The number of H-pyrrole nitrogens is 1. The fourth-order valence-corrected chi connectivity index (χ4v) is 4.54. The minimum Gasteiger partial charge on any atom is -0.325 e. The molecule has 2 aromatic heterocycles. The van der Waals surface area contributed by atoms with Crippen LogP contribution >= 0.6 is 11.6 Å². The van der Waals surface area contributed by atoms with Gasteiger partial charge >= 0.3 is 0 Å². The normalized spacial score (nSPS) is 13.4. The topological polar surface area (TPSA) is 113 Å². The van der Waals surface area contributed by atoms with E-state index in [1.165, 1.54) is 4.68 Å². The first-order valence-electron chi connectivity index (χ1n) is 10.6. The standard InChI is InChI=1S/C24H20ClFN6O/c1-32-23(21-17(9-27)14(6-12-2-3-12)8-19(25)22(21)26)18(11-29-32)13-4-5-15-16(7-13)20(10-28)30-31-24(15)33/h4-5,7-8,11-12H,2-3,6,10,28H2,1H3,(H,31,33). The summed E-state index contributed by atoms with van der Waals surface area (Å²) in [5.41, 5.74) is 8.93. The molecule has 1 aliphatic rings. The molecule has 0 amide bonds. The first-order valence-corrected chi connectivity index (χ1v) is 11.0. The van der Waals surface area contributed by atoms with Crippen LogP contribution in [0.1, 0.15) is 29.7 Å². The molecule has 0 atom stereocenters. The lowest BCUT2D eigenvalue weighted by Gasteiger charge is -2.15. The SMILES string of the molecule is Cn1ncc(-c2ccc3c(=O)[nH]nc(CN)c3c2)c1-c1c(F)c(Cl)cc(CC2CC2)c1C#N. The Hall–Kier alpha value is -3.54. The highest BCUT2D eigenvalue weighted by atomic mass is 35.5. The van der Waals surface area contributed by atoms with E-state index in [2.05, 4.69) is 21.4 Å². The zero-order valence-electron chi connectivity index (χ0n) is 17.8. The lowest BCUT2D eigenvalue weighted by Crippen LogP contribution is -2.13. The highest BCUT2D eigenvalue weighted by Gasteiger charge is 2.28. The van der Waals surface area contributed by atoms with Crippen molar-refractivity contribution in [3.05, 3.63) is 68.5 Å². The van der Waals surface area contributed by atoms with Gasteiger partial charge in [0.05, 0.1) is 39.1 Å². The molecule has 0 unspecified atom stereocenters. The average molecular weight is 463 g/mol. The number of nitrogens with one attached hydrogen (secondary N) is 1. The van der Waals surface area contributed by atoms with Gasteiger partial charge in [-0.25, -0.2) is 9.49 Å². The summed E-state index contributed by atoms with van der Waals surface area (Å²) in [6, 6.07) is 9.00. The van der Waals surface area contributed by atoms with Crippen LogP contribution in [0.4, 0.5) is 4.39 Å². The van der Waals surface area contributed by atoms with E-state index in [-0.39, 0.29) is 28.3 Å². The molecule has 5 rings (SSSR count). The molecule has 0 aliphatic heterocycles. The van der Waals surface area contributed by atoms with Gasteiger partial charge < -0.3 is 5.73 Å². The van der Waals surface area contributed by atoms with Crippen LogP contribution in [0, 0.1) is 23.1 Å². The molecular formula is C24H20ClFN6O. The maximum atomic E-state index is 15.4. The third-order valence-corrected chi connectivity index (χ3v) is 6.44. The Morgan fingerprint density at radius 1 is 1.33 bits per heavy atom. The number of fused-ring (bicyclic) bond motifs is 1. The number of aryl methyl sites for hydroxylation is 1. The molecule has 0 spiro atoms. The molecule has 1 fully saturated rings. The van der Waals surface area contributed by atoms with Gasteiger partial charge in [-0.05, 0) is 54.5 Å². The number of benzene rings is 2. The molecule has 9 heteroatoms. The first kappa shape index (κ1) is 21.3. The van der Waals surface area contributed by atoms with E-state index in [1.807, 2.05) is 0 Å². The summed E-state index contributed by atoms with van der Waals surface area (Å²) in [5, 5.41) is 21.9. The number of rotatable bonds is 5. The highest BCUT2D eigenvalue weighted by Crippen LogP contribution is 2.41. The third-order valence-electron chi connectivity index (χ3n) is 6.17. The van der Waals surface area contributed by atoms with Crippen molar-refractivity contribution in [2.45, 2.75) is 25.8 Å². The number of hydrogen-bond donors (Lipinski definition) is 2. The van der Waals surface area contributed by atoms with Crippen LogP contribution in [-0.4, -0.2) is 20.0 Å². The van der Waals surface area contributed by atoms with Crippen molar-refractivity contribution in [2.24, 2.45) is 18.7 Å². The summed E-state index contributed by atoms with van der Waals surface area (Å²) in [6.07, 6.45) is 4.49. The van der Waals surface area contributed by atoms with Crippen LogP contribution in [0.15, 0.2) is 35.3 Å². The second kappa shape index (κ2) is 8.10. The summed E-state index contributed by atoms with van der Waals surface area (Å²) in [6.45, 7) is 0.142. The van der Waals surface area contributed by atoms with Gasteiger partial charge in [-0.1, -0.05) is 17.7 Å². The number of halogens is 2. The van der Waals surface area contributed by atoms with Gasteiger partial charge in [-0.3, -0.25) is 9.48 Å². The molecule has 4 aromatic rings. The van der Waals surface area contributed by atoms with Crippen LogP contribution in [0.25, 0.3) is 33.2 Å². The van der Waals surface area contributed by atoms with Gasteiger partial charge in [0.25, 0.3) is 5.56 Å². The summed E-state index contributed by atoms with van der Waals surface area (Å²) >= 11 is 6.28. The van der Waals surface area contributed by atoms with Crippen molar-refractivity contribution >= 4 is 22.4 Å². The summed E-state index contributed by atoms with van der Waals surface area (Å²) in [5.74, 6) is -0.155. The van der Waals surface area contributed by atoms with E-state index in [0.717, 1.165) is 18.4 Å². The number of nitriles is 1. The van der Waals surface area contributed by atoms with E-state index in [9.17, 15) is 10.1 Å². The summed E-state index contributed by atoms with van der Waals surface area (Å²) in [4.78, 5) is 12.2. The van der Waals surface area contributed by atoms with Crippen LogP contribution in [-0.2, 0) is 20.0 Å². The molecule has 0 bridgehead atoms. The van der Waals surface area contributed by atoms with Gasteiger partial charge in [0.1, 0.15) is 6.07 Å². The Bertz CT molecular complexity index is 1510. The molecule has 0 saturated heterocycles. The van der Waals surface area contributed by atoms with Gasteiger partial charge in [0.2, 0.25) is 0 Å². The molecule has 166 valence electrons. The Balaban J connectivity index is 1.76. The predicted molar refractivity (Wildman–Crippen MR) is 124 cm³/mol. The molecule has 2 heterocycles. The Kier molecular flexibility index (Phi) is 5.23. The average Bonchev–Trinajstić information content (AvgIpc) is 3.55. The minimum absolute atomic E-state index is 0.0218. The predicted octanol–water partition coefficient (Wildman–Crippen LogP) is 4.07. The van der Waals surface area contributed by atoms with Crippen LogP contribution in [0.2, 0.25) is 5.02 Å². The molecular weight excluding hydrogens is 443 g/mol. The van der Waals surface area contributed by atoms with E-state index in [4.69, 9.17) is 17.3 Å². The fourth-order valence-electron chi connectivity index (χ4n) is 4.31. The second-order valence-electron chi connectivity index (χ2n) is 8.34. The van der Waals surface area contributed by atoms with Crippen LogP contribution in [0.3, 0.4) is 0 Å². The Morgan fingerprint density at radius 2 is 2.12 bits per heavy atom. The number of nitrogens with two attached hydrogens (primary N) is 1. The van der Waals surface area contributed by atoms with Gasteiger partial charge in [-0.15, -0.1) is 0 Å². The molecule has 1 saturated carbocycles. The van der Waals surface area contributed by atoms with Gasteiger partial charge in [0, 0.05) is 24.5 Å². The molecule has 2 aromatic carbocycles. The largest absolute Gasteiger partial charge is 0.325 e. The monoisotopic (exact) mass is 462 g/mol. The van der Waals surface area contributed by atoms with E-state index < -0.39 is 5.82 Å². The Morgan fingerprint density at radius 3 is 2.82 bits per heavy atom. The zero-order chi connectivity index (χ0) is 23.3. The lowest BCUT2D eigenvalue weighted by atomic mass is 9.92. The van der Waals surface area contributed by atoms with Crippen molar-refractivity contribution < 1.29 is 4.39 Å². The highest BCUT2D eigenvalue weighted by molar-refractivity contribution is 6.31. The number of aromatic nitrogens is 4. The zero-order valence-corrected chi connectivity index (χ0v) is 18.6. The van der Waals surface area contributed by atoms with Crippen LogP contribution in [0.5, 0.6) is 0 Å². The quantitative estimate of drug-likeness (QED) is 0.464. The minimum atomic E-state index is -0.654. The van der Waals surface area contributed by atoms with Gasteiger partial charge in [0.15, 0.2) is 5.82 Å². The van der Waals surface area contributed by atoms with E-state index >= 15 is 4.39 Å². The molecule has 0 radical (unpaired) electrons. The Labute approximate surface area is 193 Å². The van der Waals surface area contributed by atoms with Gasteiger partial charge in [-0.2, -0.15) is 15.5 Å². The van der Waals surface area contributed by atoms with Crippen molar-refractivity contribution in [2.75, 3.05) is 0 Å². The molecule has 3 N–H and O–H groups in total. The number of nitrogens with zero attached hydrogens (tertiary/aromatic N) is 4. The maximum absolute atomic E-state index is 15.4. The van der Waals surface area contributed by atoms with E-state index in [0.29, 0.717) is 45.6 Å². The second-order valence-corrected chi connectivity index (χ2v) is 8.74.